The molecular formula is C18H16O. The first-order chi connectivity index (χ1) is 9.33. The van der Waals surface area contributed by atoms with Gasteiger partial charge in [0.05, 0.1) is 0 Å². The molecule has 94 valence electrons. The van der Waals surface area contributed by atoms with Crippen LogP contribution in [0, 0.1) is 0 Å². The van der Waals surface area contributed by atoms with Gasteiger partial charge in [0.15, 0.2) is 5.78 Å². The van der Waals surface area contributed by atoms with Gasteiger partial charge in [0.25, 0.3) is 0 Å². The highest BCUT2D eigenvalue weighted by Gasteiger charge is 2.24. The van der Waals surface area contributed by atoms with E-state index >= 15 is 0 Å². The third-order valence-corrected chi connectivity index (χ3v) is 4.46. The van der Waals surface area contributed by atoms with E-state index < -0.39 is 0 Å². The van der Waals surface area contributed by atoms with Crippen LogP contribution in [0.15, 0.2) is 36.4 Å². The first-order valence-electron chi connectivity index (χ1n) is 7.10. The van der Waals surface area contributed by atoms with Crippen LogP contribution in [0.3, 0.4) is 0 Å². The van der Waals surface area contributed by atoms with Gasteiger partial charge in [0, 0.05) is 11.1 Å². The fourth-order valence-electron chi connectivity index (χ4n) is 3.44. The minimum atomic E-state index is 0.213. The summed E-state index contributed by atoms with van der Waals surface area (Å²) in [4.78, 5) is 12.6. The first kappa shape index (κ1) is 11.0. The molecule has 1 heteroatoms. The minimum Gasteiger partial charge on any atom is -0.289 e. The van der Waals surface area contributed by atoms with Crippen LogP contribution >= 0.6 is 0 Å². The highest BCUT2D eigenvalue weighted by molar-refractivity contribution is 6.12. The molecule has 19 heavy (non-hydrogen) atoms. The summed E-state index contributed by atoms with van der Waals surface area (Å²) in [6.07, 6.45) is 5.77. The Labute approximate surface area is 113 Å². The van der Waals surface area contributed by atoms with E-state index in [1.54, 1.807) is 0 Å². The molecule has 0 aromatic heterocycles. The van der Waals surface area contributed by atoms with Crippen molar-refractivity contribution in [2.75, 3.05) is 0 Å². The molecule has 0 bridgehead atoms. The summed E-state index contributed by atoms with van der Waals surface area (Å²) >= 11 is 0. The Morgan fingerprint density at radius 2 is 1.47 bits per heavy atom. The van der Waals surface area contributed by atoms with Crippen molar-refractivity contribution in [3.05, 3.63) is 69.8 Å². The summed E-state index contributed by atoms with van der Waals surface area (Å²) < 4.78 is 0. The average molecular weight is 248 g/mol. The highest BCUT2D eigenvalue weighted by atomic mass is 16.1. The summed E-state index contributed by atoms with van der Waals surface area (Å²) in [5.74, 6) is 0.213. The van der Waals surface area contributed by atoms with Crippen molar-refractivity contribution >= 4 is 5.78 Å². The van der Waals surface area contributed by atoms with Crippen LogP contribution in [0.2, 0.25) is 0 Å². The monoisotopic (exact) mass is 248 g/mol. The van der Waals surface area contributed by atoms with Gasteiger partial charge in [-0.2, -0.15) is 0 Å². The molecule has 2 aliphatic carbocycles. The number of fused-ring (bicyclic) bond motifs is 3. The second kappa shape index (κ2) is 4.06. The molecule has 0 heterocycles. The first-order valence-corrected chi connectivity index (χ1v) is 7.10. The Morgan fingerprint density at radius 3 is 2.32 bits per heavy atom. The zero-order valence-electron chi connectivity index (χ0n) is 10.9. The third-order valence-electron chi connectivity index (χ3n) is 4.46. The van der Waals surface area contributed by atoms with Gasteiger partial charge in [-0.05, 0) is 60.4 Å². The number of benzene rings is 2. The SMILES string of the molecule is O=C1c2ccccc2Cc2cc3c(cc21)CCCC3. The van der Waals surface area contributed by atoms with Crippen molar-refractivity contribution in [2.24, 2.45) is 0 Å². The number of carbonyl (C=O) groups excluding carboxylic acids is 1. The molecular weight excluding hydrogens is 232 g/mol. The van der Waals surface area contributed by atoms with Gasteiger partial charge in [-0.3, -0.25) is 4.79 Å². The van der Waals surface area contributed by atoms with Gasteiger partial charge in [0.2, 0.25) is 0 Å². The number of carbonyl (C=O) groups is 1. The maximum absolute atomic E-state index is 12.6. The number of hydrogen-bond donors (Lipinski definition) is 0. The van der Waals surface area contributed by atoms with Gasteiger partial charge in [-0.15, -0.1) is 0 Å². The molecule has 2 aromatic rings. The minimum absolute atomic E-state index is 0.213. The van der Waals surface area contributed by atoms with Crippen molar-refractivity contribution in [1.29, 1.82) is 0 Å². The predicted octanol–water partition coefficient (Wildman–Crippen LogP) is 3.70. The van der Waals surface area contributed by atoms with Gasteiger partial charge >= 0.3 is 0 Å². The molecule has 0 unspecified atom stereocenters. The van der Waals surface area contributed by atoms with Crippen LogP contribution in [0.5, 0.6) is 0 Å². The zero-order valence-corrected chi connectivity index (χ0v) is 10.9. The van der Waals surface area contributed by atoms with Gasteiger partial charge in [-0.25, -0.2) is 0 Å². The summed E-state index contributed by atoms with van der Waals surface area (Å²) in [7, 11) is 0. The molecule has 0 saturated carbocycles. The summed E-state index contributed by atoms with van der Waals surface area (Å²) in [6, 6.07) is 12.5. The molecule has 0 spiro atoms. The van der Waals surface area contributed by atoms with E-state index in [9.17, 15) is 4.79 Å². The van der Waals surface area contributed by atoms with E-state index in [1.807, 2.05) is 18.2 Å². The molecule has 2 aliphatic rings. The molecule has 0 amide bonds. The molecule has 0 aliphatic heterocycles. The predicted molar refractivity (Wildman–Crippen MR) is 75.8 cm³/mol. The number of aryl methyl sites for hydroxylation is 2. The lowest BCUT2D eigenvalue weighted by molar-refractivity contribution is 0.103. The van der Waals surface area contributed by atoms with E-state index in [1.165, 1.54) is 41.5 Å². The molecule has 1 nitrogen and oxygen atoms in total. The molecule has 4 rings (SSSR count). The fourth-order valence-corrected chi connectivity index (χ4v) is 3.44. The molecule has 2 aromatic carbocycles. The van der Waals surface area contributed by atoms with Crippen LogP contribution in [0.25, 0.3) is 0 Å². The second-order valence-corrected chi connectivity index (χ2v) is 5.65. The largest absolute Gasteiger partial charge is 0.289 e. The molecule has 0 N–H and O–H groups in total. The van der Waals surface area contributed by atoms with Crippen molar-refractivity contribution in [3.8, 4) is 0 Å². The van der Waals surface area contributed by atoms with E-state index in [-0.39, 0.29) is 5.78 Å². The Morgan fingerprint density at radius 1 is 0.737 bits per heavy atom. The maximum Gasteiger partial charge on any atom is 0.193 e. The van der Waals surface area contributed by atoms with E-state index in [4.69, 9.17) is 0 Å². The molecule has 0 saturated heterocycles. The molecule has 0 radical (unpaired) electrons. The Hall–Kier alpha value is -1.89. The van der Waals surface area contributed by atoms with Crippen molar-refractivity contribution in [1.82, 2.24) is 0 Å². The van der Waals surface area contributed by atoms with Crippen molar-refractivity contribution in [2.45, 2.75) is 32.1 Å². The number of rotatable bonds is 0. The Kier molecular flexibility index (Phi) is 2.34. The van der Waals surface area contributed by atoms with Gasteiger partial charge in [-0.1, -0.05) is 30.3 Å². The normalized spacial score (nSPS) is 16.5. The number of hydrogen-bond acceptors (Lipinski definition) is 1. The molecule has 0 atom stereocenters. The topological polar surface area (TPSA) is 17.1 Å². The van der Waals surface area contributed by atoms with E-state index in [2.05, 4.69) is 18.2 Å². The molecule has 0 fully saturated rings. The van der Waals surface area contributed by atoms with Crippen LogP contribution < -0.4 is 0 Å². The smallest absolute Gasteiger partial charge is 0.193 e. The highest BCUT2D eigenvalue weighted by Crippen LogP contribution is 2.31. The third kappa shape index (κ3) is 1.65. The van der Waals surface area contributed by atoms with Crippen molar-refractivity contribution < 1.29 is 4.79 Å². The summed E-state index contributed by atoms with van der Waals surface area (Å²) in [5.41, 5.74) is 7.11. The zero-order chi connectivity index (χ0) is 12.8. The quantitative estimate of drug-likeness (QED) is 0.593. The van der Waals surface area contributed by atoms with E-state index in [0.717, 1.165) is 24.0 Å². The van der Waals surface area contributed by atoms with Crippen LogP contribution in [-0.2, 0) is 19.3 Å². The van der Waals surface area contributed by atoms with Crippen LogP contribution in [-0.4, -0.2) is 5.78 Å². The fraction of sp³-hybridized carbons (Fsp3) is 0.278. The van der Waals surface area contributed by atoms with Crippen LogP contribution in [0.1, 0.15) is 51.0 Å². The second-order valence-electron chi connectivity index (χ2n) is 5.65. The Balaban J connectivity index is 1.89. The maximum atomic E-state index is 12.6. The lowest BCUT2D eigenvalue weighted by atomic mass is 9.80. The number of ketones is 1. The Bertz CT molecular complexity index is 682. The summed E-state index contributed by atoms with van der Waals surface area (Å²) in [5, 5.41) is 0. The van der Waals surface area contributed by atoms with E-state index in [0.29, 0.717) is 0 Å². The van der Waals surface area contributed by atoms with Crippen molar-refractivity contribution in [3.63, 3.8) is 0 Å². The summed E-state index contributed by atoms with van der Waals surface area (Å²) in [6.45, 7) is 0. The average Bonchev–Trinajstić information content (AvgIpc) is 2.46. The lowest BCUT2D eigenvalue weighted by Gasteiger charge is -2.23. The lowest BCUT2D eigenvalue weighted by Crippen LogP contribution is -2.17. The standard InChI is InChI=1S/C18H16O/c19-18-16-8-4-3-7-14(16)10-15-9-12-5-1-2-6-13(12)11-17(15)18/h3-4,7-9,11H,1-2,5-6,10H2. The van der Waals surface area contributed by atoms with Gasteiger partial charge in [0.1, 0.15) is 0 Å². The van der Waals surface area contributed by atoms with Crippen LogP contribution in [0.4, 0.5) is 0 Å². The van der Waals surface area contributed by atoms with Gasteiger partial charge < -0.3 is 0 Å².